The van der Waals surface area contributed by atoms with Crippen LogP contribution in [0, 0.1) is 5.92 Å². The predicted octanol–water partition coefficient (Wildman–Crippen LogP) is 1.19. The number of ether oxygens (including phenoxy) is 1. The zero-order valence-electron chi connectivity index (χ0n) is 10.6. The average Bonchev–Trinajstić information content (AvgIpc) is 2.61. The van der Waals surface area contributed by atoms with Crippen molar-refractivity contribution in [2.45, 2.75) is 37.8 Å². The first-order valence-corrected chi connectivity index (χ1v) is 6.73. The van der Waals surface area contributed by atoms with Gasteiger partial charge in [-0.1, -0.05) is 6.92 Å². The van der Waals surface area contributed by atoms with Crippen molar-refractivity contribution < 1.29 is 4.74 Å². The molecule has 3 rings (SSSR count). The molecule has 0 aromatic carbocycles. The van der Waals surface area contributed by atoms with Crippen LogP contribution in [0.1, 0.15) is 26.2 Å². The van der Waals surface area contributed by atoms with Gasteiger partial charge in [0.1, 0.15) is 5.60 Å². The van der Waals surface area contributed by atoms with Crippen LogP contribution in [-0.2, 0) is 4.74 Å². The molecule has 3 aliphatic rings. The monoisotopic (exact) mass is 224 g/mol. The molecule has 3 nitrogen and oxygen atoms in total. The second-order valence-corrected chi connectivity index (χ2v) is 6.25. The van der Waals surface area contributed by atoms with Gasteiger partial charge in [-0.15, -0.1) is 0 Å². The highest BCUT2D eigenvalue weighted by atomic mass is 16.5. The van der Waals surface area contributed by atoms with Gasteiger partial charge in [-0.05, 0) is 32.2 Å². The van der Waals surface area contributed by atoms with Crippen LogP contribution in [0.5, 0.6) is 0 Å². The number of likely N-dealkylation sites (N-methyl/N-ethyl adjacent to an activating group) is 1. The summed E-state index contributed by atoms with van der Waals surface area (Å²) in [7, 11) is 2.21. The van der Waals surface area contributed by atoms with Crippen molar-refractivity contribution in [3.63, 3.8) is 0 Å². The molecule has 3 heteroatoms. The van der Waals surface area contributed by atoms with Gasteiger partial charge in [0.2, 0.25) is 0 Å². The molecule has 3 fully saturated rings. The van der Waals surface area contributed by atoms with Gasteiger partial charge < -0.3 is 9.64 Å². The zero-order valence-corrected chi connectivity index (χ0v) is 10.6. The van der Waals surface area contributed by atoms with Crippen LogP contribution >= 0.6 is 0 Å². The highest BCUT2D eigenvalue weighted by Gasteiger charge is 2.49. The lowest BCUT2D eigenvalue weighted by molar-refractivity contribution is -0.189. The van der Waals surface area contributed by atoms with Crippen LogP contribution < -0.4 is 0 Å². The van der Waals surface area contributed by atoms with Gasteiger partial charge in [0.25, 0.3) is 0 Å². The molecule has 2 heterocycles. The van der Waals surface area contributed by atoms with Gasteiger partial charge in [0.05, 0.1) is 6.61 Å². The van der Waals surface area contributed by atoms with Crippen molar-refractivity contribution in [3.05, 3.63) is 0 Å². The number of rotatable bonds is 1. The molecule has 1 saturated carbocycles. The minimum absolute atomic E-state index is 0.193. The van der Waals surface area contributed by atoms with Gasteiger partial charge in [0, 0.05) is 32.2 Å². The van der Waals surface area contributed by atoms with E-state index in [0.717, 1.165) is 31.7 Å². The maximum Gasteiger partial charge on any atom is 0.106 e. The number of nitrogens with zero attached hydrogens (tertiary/aromatic N) is 2. The quantitative estimate of drug-likeness (QED) is 0.665. The first kappa shape index (κ1) is 11.0. The van der Waals surface area contributed by atoms with E-state index in [2.05, 4.69) is 23.8 Å². The Hall–Kier alpha value is -0.120. The van der Waals surface area contributed by atoms with Crippen LogP contribution in [0.4, 0.5) is 0 Å². The van der Waals surface area contributed by atoms with Gasteiger partial charge in [0.15, 0.2) is 0 Å². The van der Waals surface area contributed by atoms with E-state index in [9.17, 15) is 0 Å². The van der Waals surface area contributed by atoms with Crippen LogP contribution in [0.2, 0.25) is 0 Å². The van der Waals surface area contributed by atoms with Gasteiger partial charge in [-0.2, -0.15) is 0 Å². The Morgan fingerprint density at radius 2 is 2.00 bits per heavy atom. The summed E-state index contributed by atoms with van der Waals surface area (Å²) in [4.78, 5) is 5.07. The fraction of sp³-hybridized carbons (Fsp3) is 1.00. The Bertz CT molecular complexity index is 263. The standard InChI is InChI=1S/C13H24N2O/c1-11-3-4-12(7-11)15-9-13(10-15)8-14(2)5-6-16-13/h11-12H,3-10H2,1-2H3. The van der Waals surface area contributed by atoms with Gasteiger partial charge >= 0.3 is 0 Å². The fourth-order valence-electron chi connectivity index (χ4n) is 3.69. The van der Waals surface area contributed by atoms with Crippen LogP contribution in [-0.4, -0.2) is 61.3 Å². The number of hydrogen-bond acceptors (Lipinski definition) is 3. The molecule has 1 aliphatic carbocycles. The van der Waals surface area contributed by atoms with Crippen molar-refractivity contribution in [3.8, 4) is 0 Å². The Kier molecular flexibility index (Phi) is 2.73. The van der Waals surface area contributed by atoms with E-state index in [0.29, 0.717) is 0 Å². The molecule has 0 aromatic rings. The maximum absolute atomic E-state index is 6.01. The maximum atomic E-state index is 6.01. The highest BCUT2D eigenvalue weighted by molar-refractivity contribution is 5.03. The summed E-state index contributed by atoms with van der Waals surface area (Å²) >= 11 is 0. The normalized spacial score (nSPS) is 40.1. The topological polar surface area (TPSA) is 15.7 Å². The SMILES string of the molecule is CC1CCC(N2CC3(CN(C)CCO3)C2)C1. The third-order valence-corrected chi connectivity index (χ3v) is 4.61. The van der Waals surface area contributed by atoms with E-state index in [4.69, 9.17) is 4.74 Å². The lowest BCUT2D eigenvalue weighted by Gasteiger charge is -2.55. The Morgan fingerprint density at radius 1 is 1.19 bits per heavy atom. The largest absolute Gasteiger partial charge is 0.370 e. The second-order valence-electron chi connectivity index (χ2n) is 6.25. The summed E-state index contributed by atoms with van der Waals surface area (Å²) < 4.78 is 6.01. The molecular formula is C13H24N2O. The molecule has 92 valence electrons. The minimum Gasteiger partial charge on any atom is -0.370 e. The lowest BCUT2D eigenvalue weighted by Crippen LogP contribution is -2.71. The van der Waals surface area contributed by atoms with Crippen LogP contribution in [0.3, 0.4) is 0 Å². The van der Waals surface area contributed by atoms with E-state index in [1.54, 1.807) is 0 Å². The highest BCUT2D eigenvalue weighted by Crippen LogP contribution is 2.36. The molecule has 16 heavy (non-hydrogen) atoms. The van der Waals surface area contributed by atoms with Crippen molar-refractivity contribution in [2.24, 2.45) is 5.92 Å². The lowest BCUT2D eigenvalue weighted by atomic mass is 9.89. The number of likely N-dealkylation sites (tertiary alicyclic amines) is 1. The van der Waals surface area contributed by atoms with E-state index < -0.39 is 0 Å². The molecule has 0 aromatic heterocycles. The van der Waals surface area contributed by atoms with E-state index in [1.807, 2.05) is 0 Å². The Labute approximate surface area is 98.7 Å². The van der Waals surface area contributed by atoms with E-state index in [-0.39, 0.29) is 5.60 Å². The van der Waals surface area contributed by atoms with Crippen LogP contribution in [0.15, 0.2) is 0 Å². The molecular weight excluding hydrogens is 200 g/mol. The smallest absolute Gasteiger partial charge is 0.106 e. The summed E-state index contributed by atoms with van der Waals surface area (Å²) in [5, 5.41) is 0. The summed E-state index contributed by atoms with van der Waals surface area (Å²) in [5.74, 6) is 0.941. The second kappa shape index (κ2) is 3.97. The molecule has 2 aliphatic heterocycles. The zero-order chi connectivity index (χ0) is 11.2. The third kappa shape index (κ3) is 1.89. The molecule has 0 bridgehead atoms. The summed E-state index contributed by atoms with van der Waals surface area (Å²) in [6.07, 6.45) is 4.24. The first-order valence-electron chi connectivity index (χ1n) is 6.73. The Balaban J connectivity index is 1.53. The molecule has 1 spiro atoms. The van der Waals surface area contributed by atoms with E-state index >= 15 is 0 Å². The predicted molar refractivity (Wildman–Crippen MR) is 64.6 cm³/mol. The summed E-state index contributed by atoms with van der Waals surface area (Å²) in [6, 6.07) is 0.858. The molecule has 2 saturated heterocycles. The minimum atomic E-state index is 0.193. The first-order chi connectivity index (χ1) is 7.67. The third-order valence-electron chi connectivity index (χ3n) is 4.61. The van der Waals surface area contributed by atoms with Gasteiger partial charge in [-0.3, -0.25) is 4.90 Å². The number of morpholine rings is 1. The fourth-order valence-corrected chi connectivity index (χ4v) is 3.69. The number of hydrogen-bond donors (Lipinski definition) is 0. The van der Waals surface area contributed by atoms with Crippen molar-refractivity contribution in [1.82, 2.24) is 9.80 Å². The van der Waals surface area contributed by atoms with Gasteiger partial charge in [-0.25, -0.2) is 0 Å². The molecule has 2 unspecified atom stereocenters. The van der Waals surface area contributed by atoms with Crippen LogP contribution in [0.25, 0.3) is 0 Å². The van der Waals surface area contributed by atoms with Crippen molar-refractivity contribution in [1.29, 1.82) is 0 Å². The average molecular weight is 224 g/mol. The molecule has 2 atom stereocenters. The molecule has 0 radical (unpaired) electrons. The summed E-state index contributed by atoms with van der Waals surface area (Å²) in [6.45, 7) is 7.89. The van der Waals surface area contributed by atoms with Crippen molar-refractivity contribution >= 4 is 0 Å². The summed E-state index contributed by atoms with van der Waals surface area (Å²) in [5.41, 5.74) is 0.193. The van der Waals surface area contributed by atoms with E-state index in [1.165, 1.54) is 32.4 Å². The van der Waals surface area contributed by atoms with Crippen molar-refractivity contribution in [2.75, 3.05) is 39.8 Å². The molecule has 0 amide bonds. The molecule has 0 N–H and O–H groups in total. The Morgan fingerprint density at radius 3 is 2.62 bits per heavy atom.